The van der Waals surface area contributed by atoms with Crippen LogP contribution in [-0.2, 0) is 4.79 Å². The van der Waals surface area contributed by atoms with Gasteiger partial charge in [-0.25, -0.2) is 0 Å². The molecule has 1 amide bonds. The predicted molar refractivity (Wildman–Crippen MR) is 71.0 cm³/mol. The van der Waals surface area contributed by atoms with E-state index in [1.54, 1.807) is 13.0 Å². The van der Waals surface area contributed by atoms with E-state index >= 15 is 0 Å². The van der Waals surface area contributed by atoms with E-state index in [1.807, 2.05) is 18.2 Å². The van der Waals surface area contributed by atoms with Gasteiger partial charge in [0.2, 0.25) is 5.91 Å². The number of para-hydroxylation sites is 1. The minimum Gasteiger partial charge on any atom is -0.389 e. The van der Waals surface area contributed by atoms with Gasteiger partial charge in [0.15, 0.2) is 0 Å². The van der Waals surface area contributed by atoms with Gasteiger partial charge in [-0.05, 0) is 25.8 Å². The third-order valence-electron chi connectivity index (χ3n) is 3.57. The molecule has 1 aromatic carbocycles. The van der Waals surface area contributed by atoms with E-state index in [-0.39, 0.29) is 17.9 Å². The van der Waals surface area contributed by atoms with Crippen LogP contribution in [0.15, 0.2) is 24.3 Å². The molecule has 1 aliphatic rings. The molecule has 18 heavy (non-hydrogen) atoms. The fourth-order valence-corrected chi connectivity index (χ4v) is 2.51. The summed E-state index contributed by atoms with van der Waals surface area (Å²) < 4.78 is 0. The number of aliphatic hydroxyl groups excluding tert-OH is 1. The molecular formula is C14H20N2O2. The smallest absolute Gasteiger partial charge is 0.229 e. The van der Waals surface area contributed by atoms with Crippen molar-refractivity contribution in [2.45, 2.75) is 38.3 Å². The average Bonchev–Trinajstić information content (AvgIpc) is 2.76. The van der Waals surface area contributed by atoms with Crippen molar-refractivity contribution in [3.05, 3.63) is 29.8 Å². The Kier molecular flexibility index (Phi) is 3.99. The number of carbonyl (C=O) groups excluding carboxylic acids is 1. The maximum Gasteiger partial charge on any atom is 0.229 e. The molecule has 0 heterocycles. The van der Waals surface area contributed by atoms with Crippen molar-refractivity contribution in [2.24, 2.45) is 11.7 Å². The van der Waals surface area contributed by atoms with Crippen molar-refractivity contribution in [1.29, 1.82) is 0 Å². The van der Waals surface area contributed by atoms with Crippen LogP contribution in [0.4, 0.5) is 5.69 Å². The monoisotopic (exact) mass is 248 g/mol. The van der Waals surface area contributed by atoms with Gasteiger partial charge in [-0.3, -0.25) is 4.79 Å². The Morgan fingerprint density at radius 1 is 1.44 bits per heavy atom. The lowest BCUT2D eigenvalue weighted by atomic mass is 10.0. The first-order valence-electron chi connectivity index (χ1n) is 6.43. The molecule has 4 heteroatoms. The Balaban J connectivity index is 2.11. The minimum atomic E-state index is -0.598. The molecule has 0 spiro atoms. The summed E-state index contributed by atoms with van der Waals surface area (Å²) in [6, 6.07) is 7.27. The van der Waals surface area contributed by atoms with Gasteiger partial charge in [0.25, 0.3) is 0 Å². The third kappa shape index (κ3) is 2.71. The normalized spacial score (nSPS) is 24.8. The fourth-order valence-electron chi connectivity index (χ4n) is 2.51. The second-order valence-electron chi connectivity index (χ2n) is 4.95. The SMILES string of the molecule is CC(O)c1ccccc1NC(=O)C1CCCC1N. The number of hydrogen-bond donors (Lipinski definition) is 3. The minimum absolute atomic E-state index is 0.0342. The van der Waals surface area contributed by atoms with Gasteiger partial charge in [-0.1, -0.05) is 24.6 Å². The van der Waals surface area contributed by atoms with E-state index in [1.165, 1.54) is 0 Å². The zero-order valence-electron chi connectivity index (χ0n) is 10.6. The maximum atomic E-state index is 12.1. The number of rotatable bonds is 3. The Morgan fingerprint density at radius 2 is 2.17 bits per heavy atom. The quantitative estimate of drug-likeness (QED) is 0.763. The van der Waals surface area contributed by atoms with Crippen LogP contribution in [0.2, 0.25) is 0 Å². The molecule has 4 nitrogen and oxygen atoms in total. The van der Waals surface area contributed by atoms with Crippen LogP contribution in [0.25, 0.3) is 0 Å². The number of amides is 1. The summed E-state index contributed by atoms with van der Waals surface area (Å²) in [5.41, 5.74) is 7.33. The van der Waals surface area contributed by atoms with Crippen LogP contribution >= 0.6 is 0 Å². The molecule has 0 aliphatic heterocycles. The highest BCUT2D eigenvalue weighted by atomic mass is 16.3. The van der Waals surface area contributed by atoms with Gasteiger partial charge >= 0.3 is 0 Å². The molecule has 2 rings (SSSR count). The summed E-state index contributed by atoms with van der Waals surface area (Å²) in [6.45, 7) is 1.69. The van der Waals surface area contributed by atoms with Crippen LogP contribution < -0.4 is 11.1 Å². The highest BCUT2D eigenvalue weighted by Gasteiger charge is 2.30. The molecule has 3 unspecified atom stereocenters. The van der Waals surface area contributed by atoms with E-state index in [0.717, 1.165) is 24.8 Å². The van der Waals surface area contributed by atoms with E-state index in [4.69, 9.17) is 5.73 Å². The first kappa shape index (κ1) is 13.1. The molecule has 0 saturated heterocycles. The van der Waals surface area contributed by atoms with Crippen LogP contribution in [0.1, 0.15) is 37.9 Å². The number of carbonyl (C=O) groups is 1. The number of aliphatic hydroxyl groups is 1. The molecule has 1 fully saturated rings. The Bertz CT molecular complexity index is 432. The van der Waals surface area contributed by atoms with Crippen molar-refractivity contribution >= 4 is 11.6 Å². The summed E-state index contributed by atoms with van der Waals surface area (Å²) in [5.74, 6) is -0.139. The fraction of sp³-hybridized carbons (Fsp3) is 0.500. The van der Waals surface area contributed by atoms with Crippen LogP contribution in [0.5, 0.6) is 0 Å². The molecule has 1 saturated carbocycles. The summed E-state index contributed by atoms with van der Waals surface area (Å²) >= 11 is 0. The van der Waals surface area contributed by atoms with Crippen molar-refractivity contribution in [3.8, 4) is 0 Å². The molecular weight excluding hydrogens is 228 g/mol. The molecule has 98 valence electrons. The second-order valence-corrected chi connectivity index (χ2v) is 4.95. The summed E-state index contributed by atoms with van der Waals surface area (Å²) in [4.78, 5) is 12.1. The number of nitrogens with two attached hydrogens (primary N) is 1. The van der Waals surface area contributed by atoms with Crippen molar-refractivity contribution in [3.63, 3.8) is 0 Å². The Morgan fingerprint density at radius 3 is 2.78 bits per heavy atom. The third-order valence-corrected chi connectivity index (χ3v) is 3.57. The summed E-state index contributed by atoms with van der Waals surface area (Å²) in [6.07, 6.45) is 2.18. The van der Waals surface area contributed by atoms with Crippen LogP contribution in [0, 0.1) is 5.92 Å². The summed E-state index contributed by atoms with van der Waals surface area (Å²) in [5, 5.41) is 12.5. The van der Waals surface area contributed by atoms with E-state index < -0.39 is 6.10 Å². The van der Waals surface area contributed by atoms with Gasteiger partial charge in [0, 0.05) is 17.3 Å². The van der Waals surface area contributed by atoms with Crippen molar-refractivity contribution in [2.75, 3.05) is 5.32 Å². The summed E-state index contributed by atoms with van der Waals surface area (Å²) in [7, 11) is 0. The molecule has 4 N–H and O–H groups in total. The second kappa shape index (κ2) is 5.50. The molecule has 0 bridgehead atoms. The molecule has 1 aromatic rings. The van der Waals surface area contributed by atoms with Gasteiger partial charge in [0.05, 0.1) is 12.0 Å². The first-order chi connectivity index (χ1) is 8.59. The Hall–Kier alpha value is -1.39. The molecule has 0 radical (unpaired) electrons. The van der Waals surface area contributed by atoms with E-state index in [0.29, 0.717) is 5.69 Å². The van der Waals surface area contributed by atoms with Crippen molar-refractivity contribution < 1.29 is 9.90 Å². The van der Waals surface area contributed by atoms with E-state index in [2.05, 4.69) is 5.32 Å². The topological polar surface area (TPSA) is 75.3 Å². The maximum absolute atomic E-state index is 12.1. The van der Waals surface area contributed by atoms with E-state index in [9.17, 15) is 9.90 Å². The Labute approximate surface area is 107 Å². The highest BCUT2D eigenvalue weighted by Crippen LogP contribution is 2.27. The van der Waals surface area contributed by atoms with Crippen LogP contribution in [-0.4, -0.2) is 17.1 Å². The lowest BCUT2D eigenvalue weighted by molar-refractivity contribution is -0.120. The number of benzene rings is 1. The van der Waals surface area contributed by atoms with Crippen LogP contribution in [0.3, 0.4) is 0 Å². The predicted octanol–water partition coefficient (Wildman–Crippen LogP) is 1.81. The van der Waals surface area contributed by atoms with Gasteiger partial charge in [-0.15, -0.1) is 0 Å². The largest absolute Gasteiger partial charge is 0.389 e. The van der Waals surface area contributed by atoms with Crippen molar-refractivity contribution in [1.82, 2.24) is 0 Å². The first-order valence-corrected chi connectivity index (χ1v) is 6.43. The number of hydrogen-bond acceptors (Lipinski definition) is 3. The lowest BCUT2D eigenvalue weighted by Gasteiger charge is -2.18. The van der Waals surface area contributed by atoms with Gasteiger partial charge in [-0.2, -0.15) is 0 Å². The zero-order chi connectivity index (χ0) is 13.1. The zero-order valence-corrected chi connectivity index (χ0v) is 10.6. The number of nitrogens with one attached hydrogen (secondary N) is 1. The average molecular weight is 248 g/mol. The standard InChI is InChI=1S/C14H20N2O2/c1-9(17)10-5-2-3-8-13(10)16-14(18)11-6-4-7-12(11)15/h2-3,5,8-9,11-12,17H,4,6-7,15H2,1H3,(H,16,18). The molecule has 1 aliphatic carbocycles. The number of anilines is 1. The lowest BCUT2D eigenvalue weighted by Crippen LogP contribution is -2.34. The highest BCUT2D eigenvalue weighted by molar-refractivity contribution is 5.94. The molecule has 0 aromatic heterocycles. The van der Waals surface area contributed by atoms with Gasteiger partial charge in [0.1, 0.15) is 0 Å². The van der Waals surface area contributed by atoms with Gasteiger partial charge < -0.3 is 16.2 Å². The molecule has 3 atom stereocenters.